The lowest BCUT2D eigenvalue weighted by Crippen LogP contribution is -2.56. The Morgan fingerprint density at radius 2 is 1.94 bits per heavy atom. The Bertz CT molecular complexity index is 680. The molecule has 1 spiro atoms. The molecule has 184 valence electrons. The van der Waals surface area contributed by atoms with Crippen LogP contribution in [0.25, 0.3) is 0 Å². The molecule has 0 radical (unpaired) electrons. The van der Waals surface area contributed by atoms with Crippen molar-refractivity contribution in [1.29, 1.82) is 0 Å². The smallest absolute Gasteiger partial charge is 0.408 e. The number of ether oxygens (including phenoxy) is 3. The van der Waals surface area contributed by atoms with E-state index in [2.05, 4.69) is 44.4 Å². The van der Waals surface area contributed by atoms with Crippen molar-refractivity contribution in [3.63, 3.8) is 0 Å². The summed E-state index contributed by atoms with van der Waals surface area (Å²) in [7, 11) is 3.25. The molecule has 1 aliphatic heterocycles. The first kappa shape index (κ1) is 26.7. The second kappa shape index (κ2) is 11.0. The van der Waals surface area contributed by atoms with Gasteiger partial charge in [-0.15, -0.1) is 0 Å². The van der Waals surface area contributed by atoms with E-state index < -0.39 is 12.1 Å². The summed E-state index contributed by atoms with van der Waals surface area (Å²) in [5, 5.41) is 5.33. The first-order chi connectivity index (χ1) is 15.0. The van der Waals surface area contributed by atoms with Gasteiger partial charge in [0.2, 0.25) is 5.91 Å². The maximum Gasteiger partial charge on any atom is 0.408 e. The highest BCUT2D eigenvalue weighted by Gasteiger charge is 2.63. The largest absolute Gasteiger partial charge is 0.443 e. The molecule has 2 fully saturated rings. The van der Waals surface area contributed by atoms with Crippen molar-refractivity contribution < 1.29 is 23.8 Å². The fourth-order valence-corrected chi connectivity index (χ4v) is 5.30. The van der Waals surface area contributed by atoms with Gasteiger partial charge in [-0.2, -0.15) is 0 Å². The number of epoxide rings is 1. The van der Waals surface area contributed by atoms with Crippen molar-refractivity contribution in [2.45, 2.75) is 97.5 Å². The van der Waals surface area contributed by atoms with Crippen LogP contribution >= 0.6 is 0 Å². The summed E-state index contributed by atoms with van der Waals surface area (Å²) in [5.74, 6) is -0.162. The fraction of sp³-hybridized carbons (Fsp3) is 0.840. The Kier molecular flexibility index (Phi) is 9.17. The minimum absolute atomic E-state index is 0.0340. The summed E-state index contributed by atoms with van der Waals surface area (Å²) in [6, 6.07) is -0.641. The second-order valence-corrected chi connectivity index (χ2v) is 10.7. The van der Waals surface area contributed by atoms with Crippen molar-refractivity contribution in [1.82, 2.24) is 10.6 Å². The first-order valence-electron chi connectivity index (χ1n) is 12.0. The van der Waals surface area contributed by atoms with Crippen molar-refractivity contribution in [2.75, 3.05) is 20.8 Å². The van der Waals surface area contributed by atoms with Gasteiger partial charge >= 0.3 is 6.09 Å². The molecule has 2 aliphatic rings. The highest BCUT2D eigenvalue weighted by molar-refractivity contribution is 5.85. The molecule has 1 saturated heterocycles. The number of hydrogen-bond acceptors (Lipinski definition) is 5. The van der Waals surface area contributed by atoms with E-state index in [-0.39, 0.29) is 41.0 Å². The van der Waals surface area contributed by atoms with Crippen LogP contribution in [0.2, 0.25) is 0 Å². The molecule has 7 nitrogen and oxygen atoms in total. The number of allylic oxidation sites excluding steroid dienone is 2. The van der Waals surface area contributed by atoms with E-state index in [0.717, 1.165) is 32.3 Å². The number of methoxy groups -OCH3 is 1. The van der Waals surface area contributed by atoms with Gasteiger partial charge in [-0.25, -0.2) is 4.79 Å². The van der Waals surface area contributed by atoms with Crippen LogP contribution < -0.4 is 10.6 Å². The Hall–Kier alpha value is -1.60. The summed E-state index contributed by atoms with van der Waals surface area (Å²) in [5.41, 5.74) is 1.13. The van der Waals surface area contributed by atoms with E-state index in [0.29, 0.717) is 6.42 Å². The van der Waals surface area contributed by atoms with E-state index in [1.165, 1.54) is 5.57 Å². The summed E-state index contributed by atoms with van der Waals surface area (Å²) in [6.45, 7) is 13.3. The van der Waals surface area contributed by atoms with Crippen molar-refractivity contribution >= 4 is 12.0 Å². The SMILES string of the molecule is CNC(=O)C(NC(=O)O[C@@H]1CCC2(CO2)[C@@H](C(C)(C)CCCC=C(C)C)[C@@H]1OC)C(C)C. The van der Waals surface area contributed by atoms with E-state index in [1.807, 2.05) is 13.8 Å². The molecule has 2 rings (SSSR count). The highest BCUT2D eigenvalue weighted by atomic mass is 16.6. The molecule has 1 aliphatic carbocycles. The molecular weight excluding hydrogens is 408 g/mol. The molecule has 5 atom stereocenters. The average molecular weight is 453 g/mol. The minimum Gasteiger partial charge on any atom is -0.443 e. The Morgan fingerprint density at radius 1 is 1.28 bits per heavy atom. The Balaban J connectivity index is 2.11. The number of unbranched alkanes of at least 4 members (excludes halogenated alkanes) is 1. The zero-order valence-corrected chi connectivity index (χ0v) is 21.2. The van der Waals surface area contributed by atoms with Gasteiger partial charge in [-0.1, -0.05) is 39.3 Å². The lowest BCUT2D eigenvalue weighted by molar-refractivity contribution is -0.134. The molecule has 0 aromatic rings. The molecule has 2 amide bonds. The van der Waals surface area contributed by atoms with Crippen LogP contribution in [-0.4, -0.2) is 56.6 Å². The minimum atomic E-state index is -0.641. The van der Waals surface area contributed by atoms with E-state index in [1.54, 1.807) is 14.2 Å². The topological polar surface area (TPSA) is 89.2 Å². The standard InChI is InChI=1S/C25H44N2O5/c1-16(2)11-9-10-13-24(5,6)21-20(30-8)18(12-14-25(21)15-31-25)32-23(29)27-19(17(3)4)22(28)26-7/h11,17-21H,9-10,12-15H2,1-8H3,(H,26,28)(H,27,29)/t18-,19?,20-,21-,25?/m1/s1. The third-order valence-electron chi connectivity index (χ3n) is 7.05. The van der Waals surface area contributed by atoms with Crippen LogP contribution in [-0.2, 0) is 19.0 Å². The van der Waals surface area contributed by atoms with Crippen LogP contribution in [0, 0.1) is 17.3 Å². The normalized spacial score (nSPS) is 28.2. The summed E-state index contributed by atoms with van der Waals surface area (Å²) < 4.78 is 17.8. The Labute approximate surface area is 194 Å². The zero-order chi connectivity index (χ0) is 24.1. The number of alkyl carbamates (subject to hydrolysis) is 1. The van der Waals surface area contributed by atoms with E-state index >= 15 is 0 Å². The Morgan fingerprint density at radius 3 is 2.44 bits per heavy atom. The first-order valence-corrected chi connectivity index (χ1v) is 12.0. The fourth-order valence-electron chi connectivity index (χ4n) is 5.30. The lowest BCUT2D eigenvalue weighted by Gasteiger charge is -2.48. The number of rotatable bonds is 10. The van der Waals surface area contributed by atoms with Crippen LogP contribution in [0.3, 0.4) is 0 Å². The summed E-state index contributed by atoms with van der Waals surface area (Å²) in [4.78, 5) is 24.8. The van der Waals surface area contributed by atoms with Crippen LogP contribution in [0.5, 0.6) is 0 Å². The number of carbonyl (C=O) groups is 2. The molecule has 1 heterocycles. The molecule has 7 heteroatoms. The molecule has 2 N–H and O–H groups in total. The molecule has 0 aromatic carbocycles. The van der Waals surface area contributed by atoms with Crippen molar-refractivity contribution in [2.24, 2.45) is 17.3 Å². The third kappa shape index (κ3) is 6.47. The van der Waals surface area contributed by atoms with Gasteiger partial charge < -0.3 is 24.8 Å². The summed E-state index contributed by atoms with van der Waals surface area (Å²) in [6.07, 6.45) is 5.78. The molecular formula is C25H44N2O5. The number of carbonyl (C=O) groups excluding carboxylic acids is 2. The number of likely N-dealkylation sites (N-methyl/N-ethyl adjacent to an activating group) is 1. The van der Waals surface area contributed by atoms with Crippen molar-refractivity contribution in [3.8, 4) is 0 Å². The van der Waals surface area contributed by atoms with Gasteiger partial charge in [0.1, 0.15) is 18.2 Å². The highest BCUT2D eigenvalue weighted by Crippen LogP contribution is 2.55. The predicted octanol–water partition coefficient (Wildman–Crippen LogP) is 4.21. The quantitative estimate of drug-likeness (QED) is 0.294. The lowest BCUT2D eigenvalue weighted by atomic mass is 9.61. The van der Waals surface area contributed by atoms with Crippen LogP contribution in [0.4, 0.5) is 4.79 Å². The van der Waals surface area contributed by atoms with Crippen LogP contribution in [0.1, 0.15) is 73.6 Å². The number of nitrogens with one attached hydrogen (secondary N) is 2. The second-order valence-electron chi connectivity index (χ2n) is 10.7. The monoisotopic (exact) mass is 452 g/mol. The van der Waals surface area contributed by atoms with Crippen LogP contribution in [0.15, 0.2) is 11.6 Å². The van der Waals surface area contributed by atoms with E-state index in [9.17, 15) is 9.59 Å². The van der Waals surface area contributed by atoms with Gasteiger partial charge in [0.15, 0.2) is 0 Å². The number of hydrogen-bond donors (Lipinski definition) is 2. The molecule has 2 unspecified atom stereocenters. The van der Waals surface area contributed by atoms with E-state index in [4.69, 9.17) is 14.2 Å². The maximum atomic E-state index is 12.7. The van der Waals surface area contributed by atoms with Gasteiger partial charge in [-0.05, 0) is 57.3 Å². The van der Waals surface area contributed by atoms with Gasteiger partial charge in [0, 0.05) is 20.1 Å². The molecule has 1 saturated carbocycles. The zero-order valence-electron chi connectivity index (χ0n) is 21.2. The summed E-state index contributed by atoms with van der Waals surface area (Å²) >= 11 is 0. The van der Waals surface area contributed by atoms with Crippen molar-refractivity contribution in [3.05, 3.63) is 11.6 Å². The van der Waals surface area contributed by atoms with Gasteiger partial charge in [-0.3, -0.25) is 4.79 Å². The maximum absolute atomic E-state index is 12.7. The third-order valence-corrected chi connectivity index (χ3v) is 7.05. The molecule has 0 bridgehead atoms. The molecule has 0 aromatic heterocycles. The van der Waals surface area contributed by atoms with Gasteiger partial charge in [0.25, 0.3) is 0 Å². The van der Waals surface area contributed by atoms with Gasteiger partial charge in [0.05, 0.1) is 12.2 Å². The number of amides is 2. The predicted molar refractivity (Wildman–Crippen MR) is 125 cm³/mol. The average Bonchev–Trinajstić information content (AvgIpc) is 3.49. The molecule has 32 heavy (non-hydrogen) atoms.